The van der Waals surface area contributed by atoms with Crippen LogP contribution >= 0.6 is 0 Å². The van der Waals surface area contributed by atoms with Crippen molar-refractivity contribution in [2.45, 2.75) is 25.2 Å². The average molecular weight is 408 g/mol. The van der Waals surface area contributed by atoms with Gasteiger partial charge in [-0.25, -0.2) is 19.3 Å². The van der Waals surface area contributed by atoms with Crippen molar-refractivity contribution in [3.05, 3.63) is 48.2 Å². The minimum atomic E-state index is -0.442. The van der Waals surface area contributed by atoms with E-state index in [1.165, 1.54) is 19.5 Å². The Hall–Kier alpha value is -3.42. The molecule has 2 aliphatic rings. The smallest absolute Gasteiger partial charge is 0.226 e. The van der Waals surface area contributed by atoms with Crippen molar-refractivity contribution in [1.29, 1.82) is 0 Å². The predicted octanol–water partition coefficient (Wildman–Crippen LogP) is 4.55. The summed E-state index contributed by atoms with van der Waals surface area (Å²) in [5, 5.41) is 3.17. The summed E-state index contributed by atoms with van der Waals surface area (Å²) in [7, 11) is 1.51. The second-order valence-electron chi connectivity index (χ2n) is 7.32. The van der Waals surface area contributed by atoms with Crippen molar-refractivity contribution >= 4 is 5.82 Å². The number of fused-ring (bicyclic) bond motifs is 1. The molecular weight excluding hydrogens is 387 g/mol. The normalized spacial score (nSPS) is 15.4. The van der Waals surface area contributed by atoms with E-state index < -0.39 is 5.82 Å². The lowest BCUT2D eigenvalue weighted by atomic mass is 9.79. The second-order valence-corrected chi connectivity index (χ2v) is 7.32. The molecule has 0 amide bonds. The summed E-state index contributed by atoms with van der Waals surface area (Å²) < 4.78 is 32.5. The maximum absolute atomic E-state index is 15.8. The number of anilines is 1. The van der Waals surface area contributed by atoms with E-state index in [4.69, 9.17) is 14.2 Å². The molecule has 8 heteroatoms. The highest BCUT2D eigenvalue weighted by atomic mass is 19.1. The van der Waals surface area contributed by atoms with Gasteiger partial charge in [0.05, 0.1) is 19.7 Å². The van der Waals surface area contributed by atoms with Gasteiger partial charge in [-0.1, -0.05) is 18.6 Å². The average Bonchev–Trinajstić information content (AvgIpc) is 2.75. The van der Waals surface area contributed by atoms with E-state index in [-0.39, 0.29) is 17.5 Å². The maximum atomic E-state index is 15.8. The zero-order chi connectivity index (χ0) is 20.5. The number of ether oxygens (including phenoxy) is 3. The van der Waals surface area contributed by atoms with E-state index in [0.717, 1.165) is 24.8 Å². The molecule has 5 rings (SSSR count). The number of rotatable bonds is 5. The summed E-state index contributed by atoms with van der Waals surface area (Å²) in [4.78, 5) is 12.5. The van der Waals surface area contributed by atoms with E-state index in [2.05, 4.69) is 20.3 Å². The van der Waals surface area contributed by atoms with Gasteiger partial charge in [0.1, 0.15) is 12.9 Å². The van der Waals surface area contributed by atoms with Crippen LogP contribution in [0.5, 0.6) is 23.3 Å². The summed E-state index contributed by atoms with van der Waals surface area (Å²) in [6, 6.07) is 7.06. The fourth-order valence-corrected chi connectivity index (χ4v) is 3.70. The van der Waals surface area contributed by atoms with Gasteiger partial charge in [-0.2, -0.15) is 0 Å². The van der Waals surface area contributed by atoms with E-state index >= 15 is 4.39 Å². The molecule has 154 valence electrons. The summed E-state index contributed by atoms with van der Waals surface area (Å²) in [5.41, 5.74) is 1.88. The van der Waals surface area contributed by atoms with Gasteiger partial charge in [-0.05, 0) is 24.8 Å². The number of halogens is 1. The Kier molecular flexibility index (Phi) is 4.82. The first-order chi connectivity index (χ1) is 14.7. The van der Waals surface area contributed by atoms with Crippen LogP contribution in [0, 0.1) is 5.82 Å². The van der Waals surface area contributed by atoms with Crippen molar-refractivity contribution in [2.24, 2.45) is 0 Å². The van der Waals surface area contributed by atoms with Gasteiger partial charge in [0, 0.05) is 22.9 Å². The number of hydrogen-bond acceptors (Lipinski definition) is 7. The number of aromatic nitrogens is 3. The number of nitrogens with one attached hydrogen (secondary N) is 1. The molecule has 1 N–H and O–H groups in total. The minimum absolute atomic E-state index is 0.190. The molecule has 2 aromatic heterocycles. The van der Waals surface area contributed by atoms with Crippen molar-refractivity contribution < 1.29 is 18.6 Å². The number of nitrogens with zero attached hydrogens (tertiary/aromatic N) is 3. The molecule has 1 saturated carbocycles. The Balaban J connectivity index is 1.57. The summed E-state index contributed by atoms with van der Waals surface area (Å²) in [5.74, 6) is 1.89. The Bertz CT molecular complexity index is 1090. The van der Waals surface area contributed by atoms with Crippen LogP contribution < -0.4 is 19.5 Å². The molecule has 0 atom stereocenters. The zero-order valence-corrected chi connectivity index (χ0v) is 16.5. The molecule has 7 nitrogen and oxygen atoms in total. The van der Waals surface area contributed by atoms with Crippen molar-refractivity contribution in [2.75, 3.05) is 25.6 Å². The first kappa shape index (κ1) is 18.6. The molecule has 0 bridgehead atoms. The fourth-order valence-electron chi connectivity index (χ4n) is 3.70. The summed E-state index contributed by atoms with van der Waals surface area (Å²) in [6.45, 7) is 1.25. The van der Waals surface area contributed by atoms with E-state index in [0.29, 0.717) is 41.7 Å². The molecule has 0 radical (unpaired) electrons. The Labute approximate surface area is 173 Å². The lowest BCUT2D eigenvalue weighted by Gasteiger charge is -2.28. The number of methoxy groups -OCH3 is 1. The van der Waals surface area contributed by atoms with Gasteiger partial charge < -0.3 is 19.5 Å². The molecule has 0 saturated heterocycles. The SMILES string of the molecule is COc1cc(Oc2c(C3CCC3)ccc(-c3cnc4c(c3)OCCN4)c2F)ncn1. The van der Waals surface area contributed by atoms with Crippen LogP contribution in [-0.2, 0) is 0 Å². The number of hydrogen-bond donors (Lipinski definition) is 1. The molecule has 1 aliphatic carbocycles. The predicted molar refractivity (Wildman–Crippen MR) is 109 cm³/mol. The molecule has 1 aliphatic heterocycles. The lowest BCUT2D eigenvalue weighted by molar-refractivity contribution is 0.321. The highest BCUT2D eigenvalue weighted by Crippen LogP contribution is 2.45. The maximum Gasteiger partial charge on any atom is 0.226 e. The van der Waals surface area contributed by atoms with Crippen LogP contribution in [0.4, 0.5) is 10.2 Å². The molecular formula is C22H21FN4O3. The third kappa shape index (κ3) is 3.38. The van der Waals surface area contributed by atoms with Gasteiger partial charge in [0.25, 0.3) is 0 Å². The zero-order valence-electron chi connectivity index (χ0n) is 16.5. The Morgan fingerprint density at radius 2 is 2.00 bits per heavy atom. The van der Waals surface area contributed by atoms with E-state index in [9.17, 15) is 0 Å². The quantitative estimate of drug-likeness (QED) is 0.663. The van der Waals surface area contributed by atoms with Crippen LogP contribution in [-0.4, -0.2) is 35.2 Å². The van der Waals surface area contributed by atoms with Gasteiger partial charge in [0.15, 0.2) is 23.1 Å². The summed E-state index contributed by atoms with van der Waals surface area (Å²) >= 11 is 0. The van der Waals surface area contributed by atoms with Gasteiger partial charge in [0.2, 0.25) is 11.8 Å². The van der Waals surface area contributed by atoms with Gasteiger partial charge in [-0.15, -0.1) is 0 Å². The highest BCUT2D eigenvalue weighted by Gasteiger charge is 2.27. The molecule has 3 heterocycles. The van der Waals surface area contributed by atoms with Crippen LogP contribution in [0.15, 0.2) is 36.8 Å². The van der Waals surface area contributed by atoms with Crippen LogP contribution in [0.3, 0.4) is 0 Å². The fraction of sp³-hybridized carbons (Fsp3) is 0.318. The first-order valence-electron chi connectivity index (χ1n) is 9.96. The van der Waals surface area contributed by atoms with Crippen molar-refractivity contribution in [3.8, 4) is 34.4 Å². The third-order valence-corrected chi connectivity index (χ3v) is 5.52. The van der Waals surface area contributed by atoms with Crippen LogP contribution in [0.25, 0.3) is 11.1 Å². The topological polar surface area (TPSA) is 78.4 Å². The summed E-state index contributed by atoms with van der Waals surface area (Å²) in [6.07, 6.45) is 6.13. The van der Waals surface area contributed by atoms with E-state index in [1.807, 2.05) is 6.07 Å². The van der Waals surface area contributed by atoms with Crippen molar-refractivity contribution in [1.82, 2.24) is 15.0 Å². The Morgan fingerprint density at radius 3 is 2.80 bits per heavy atom. The molecule has 0 spiro atoms. The Morgan fingerprint density at radius 1 is 1.13 bits per heavy atom. The molecule has 30 heavy (non-hydrogen) atoms. The monoisotopic (exact) mass is 408 g/mol. The van der Waals surface area contributed by atoms with Crippen LogP contribution in [0.1, 0.15) is 30.7 Å². The number of pyridine rings is 1. The molecule has 1 aromatic carbocycles. The molecule has 1 fully saturated rings. The number of benzene rings is 1. The first-order valence-corrected chi connectivity index (χ1v) is 9.96. The highest BCUT2D eigenvalue weighted by molar-refractivity contribution is 5.71. The minimum Gasteiger partial charge on any atom is -0.488 e. The van der Waals surface area contributed by atoms with Crippen molar-refractivity contribution in [3.63, 3.8) is 0 Å². The van der Waals surface area contributed by atoms with Gasteiger partial charge in [-0.3, -0.25) is 0 Å². The molecule has 3 aromatic rings. The second kappa shape index (κ2) is 7.78. The standard InChI is InChI=1S/C22H21FN4O3/c1-28-18-10-19(27-12-26-18)30-21-16(13-3-2-4-13)6-5-15(20(21)23)14-9-17-22(25-11-14)24-7-8-29-17/h5-6,9-13H,2-4,7-8H2,1H3,(H,24,25). The van der Waals surface area contributed by atoms with Crippen LogP contribution in [0.2, 0.25) is 0 Å². The molecule has 0 unspecified atom stereocenters. The lowest BCUT2D eigenvalue weighted by Crippen LogP contribution is -2.19. The largest absolute Gasteiger partial charge is 0.488 e. The van der Waals surface area contributed by atoms with Gasteiger partial charge >= 0.3 is 0 Å². The third-order valence-electron chi connectivity index (χ3n) is 5.52. The van der Waals surface area contributed by atoms with E-state index in [1.54, 1.807) is 18.3 Å².